The van der Waals surface area contributed by atoms with Crippen molar-refractivity contribution in [2.24, 2.45) is 0 Å². The van der Waals surface area contributed by atoms with Crippen molar-refractivity contribution in [1.82, 2.24) is 0 Å². The number of carbonyl (C=O) groups excluding carboxylic acids is 1. The van der Waals surface area contributed by atoms with E-state index in [1.807, 2.05) is 60.7 Å². The van der Waals surface area contributed by atoms with Crippen molar-refractivity contribution in [3.8, 4) is 5.75 Å². The van der Waals surface area contributed by atoms with E-state index < -0.39 is 0 Å². The molecular weight excluding hydrogens is 382 g/mol. The van der Waals surface area contributed by atoms with E-state index >= 15 is 0 Å². The predicted molar refractivity (Wildman–Crippen MR) is 125 cm³/mol. The molecule has 0 aliphatic rings. The van der Waals surface area contributed by atoms with Crippen LogP contribution >= 0.6 is 0 Å². The highest BCUT2D eigenvalue weighted by atomic mass is 16.5. The molecule has 0 aromatic heterocycles. The lowest BCUT2D eigenvalue weighted by atomic mass is 10.0. The molecule has 4 rings (SSSR count). The number of rotatable bonds is 6. The first kappa shape index (κ1) is 20.6. The minimum absolute atomic E-state index is 0.357. The normalized spacial score (nSPS) is 11.8. The lowest BCUT2D eigenvalue weighted by Gasteiger charge is -2.19. The van der Waals surface area contributed by atoms with Gasteiger partial charge in [-0.15, -0.1) is 0 Å². The number of esters is 1. The van der Waals surface area contributed by atoms with E-state index in [0.29, 0.717) is 17.2 Å². The molecule has 1 N–H and O–H groups in total. The van der Waals surface area contributed by atoms with Crippen LogP contribution in [-0.4, -0.2) is 5.97 Å². The SMILES string of the molecule is CC(C)c1ccc([NH+](c2ccccc2)c2ccc(OC(=O)c3ccccc3)cc2)cc1. The van der Waals surface area contributed by atoms with Gasteiger partial charge >= 0.3 is 5.97 Å². The molecule has 1 unspecified atom stereocenters. The Balaban J connectivity index is 1.62. The second kappa shape index (κ2) is 9.41. The van der Waals surface area contributed by atoms with E-state index in [9.17, 15) is 4.79 Å². The Labute approximate surface area is 183 Å². The van der Waals surface area contributed by atoms with Gasteiger partial charge in [-0.1, -0.05) is 62.4 Å². The molecule has 0 heterocycles. The summed E-state index contributed by atoms with van der Waals surface area (Å²) in [6.45, 7) is 4.40. The standard InChI is InChI=1S/C28H25NO2/c1-21(2)22-13-15-25(16-14-22)29(24-11-7-4-8-12-24)26-17-19-27(20-18-26)31-28(30)23-9-5-3-6-10-23/h3-21H,1-2H3/p+1. The molecule has 0 bridgehead atoms. The van der Waals surface area contributed by atoms with Crippen LogP contribution in [0.1, 0.15) is 35.7 Å². The molecule has 3 nitrogen and oxygen atoms in total. The second-order valence-corrected chi connectivity index (χ2v) is 7.80. The van der Waals surface area contributed by atoms with Crippen molar-refractivity contribution in [2.45, 2.75) is 19.8 Å². The monoisotopic (exact) mass is 408 g/mol. The summed E-state index contributed by atoms with van der Waals surface area (Å²) >= 11 is 0. The highest BCUT2D eigenvalue weighted by Gasteiger charge is 2.19. The zero-order chi connectivity index (χ0) is 21.6. The molecular formula is C28H26NO2+. The zero-order valence-corrected chi connectivity index (χ0v) is 17.8. The number of hydrogen-bond acceptors (Lipinski definition) is 2. The van der Waals surface area contributed by atoms with Crippen molar-refractivity contribution in [3.63, 3.8) is 0 Å². The molecule has 4 aromatic carbocycles. The molecule has 0 saturated carbocycles. The van der Waals surface area contributed by atoms with Crippen molar-refractivity contribution < 1.29 is 14.4 Å². The number of quaternary nitrogens is 1. The van der Waals surface area contributed by atoms with E-state index in [1.165, 1.54) is 5.56 Å². The predicted octanol–water partition coefficient (Wildman–Crippen LogP) is 6.21. The van der Waals surface area contributed by atoms with Crippen molar-refractivity contribution >= 4 is 23.0 Å². The van der Waals surface area contributed by atoms with Crippen LogP contribution in [0, 0.1) is 0 Å². The number of nitrogens with one attached hydrogen (secondary N) is 1. The maximum absolute atomic E-state index is 12.3. The summed E-state index contributed by atoms with van der Waals surface area (Å²) in [6.07, 6.45) is 0. The second-order valence-electron chi connectivity index (χ2n) is 7.80. The van der Waals surface area contributed by atoms with Gasteiger partial charge in [0.1, 0.15) is 22.8 Å². The van der Waals surface area contributed by atoms with E-state index in [4.69, 9.17) is 4.74 Å². The molecule has 0 spiro atoms. The largest absolute Gasteiger partial charge is 0.423 e. The van der Waals surface area contributed by atoms with E-state index in [2.05, 4.69) is 50.2 Å². The van der Waals surface area contributed by atoms with Gasteiger partial charge in [-0.3, -0.25) is 0 Å². The van der Waals surface area contributed by atoms with Crippen LogP contribution in [0.2, 0.25) is 0 Å². The highest BCUT2D eigenvalue weighted by molar-refractivity contribution is 5.90. The van der Waals surface area contributed by atoms with Gasteiger partial charge in [0.15, 0.2) is 0 Å². The minimum atomic E-state index is -0.357. The topological polar surface area (TPSA) is 30.7 Å². The van der Waals surface area contributed by atoms with Gasteiger partial charge in [0.05, 0.1) is 5.56 Å². The molecule has 0 amide bonds. The molecule has 0 radical (unpaired) electrons. The van der Waals surface area contributed by atoms with Crippen molar-refractivity contribution in [1.29, 1.82) is 0 Å². The third-order valence-corrected chi connectivity index (χ3v) is 5.29. The number of para-hydroxylation sites is 1. The molecule has 3 heteroatoms. The molecule has 0 saturated heterocycles. The third-order valence-electron chi connectivity index (χ3n) is 5.29. The Bertz CT molecular complexity index is 1120. The zero-order valence-electron chi connectivity index (χ0n) is 17.8. The average Bonchev–Trinajstić information content (AvgIpc) is 2.82. The number of carbonyl (C=O) groups is 1. The van der Waals surface area contributed by atoms with E-state index in [1.54, 1.807) is 12.1 Å². The summed E-state index contributed by atoms with van der Waals surface area (Å²) in [5, 5.41) is 0. The van der Waals surface area contributed by atoms with Gasteiger partial charge in [0, 0.05) is 24.3 Å². The summed E-state index contributed by atoms with van der Waals surface area (Å²) in [6, 6.07) is 35.8. The number of hydrogen-bond donors (Lipinski definition) is 1. The van der Waals surface area contributed by atoms with Crippen LogP contribution in [-0.2, 0) is 0 Å². The van der Waals surface area contributed by atoms with Gasteiger partial charge in [-0.2, -0.15) is 0 Å². The third kappa shape index (κ3) is 4.90. The smallest absolute Gasteiger partial charge is 0.343 e. The van der Waals surface area contributed by atoms with Crippen LogP contribution in [0.4, 0.5) is 17.1 Å². The van der Waals surface area contributed by atoms with Gasteiger partial charge in [-0.25, -0.2) is 9.69 Å². The Hall–Kier alpha value is -3.69. The number of ether oxygens (including phenoxy) is 1. The van der Waals surface area contributed by atoms with E-state index in [0.717, 1.165) is 22.0 Å². The summed E-state index contributed by atoms with van der Waals surface area (Å²) in [5.74, 6) is 0.665. The van der Waals surface area contributed by atoms with Crippen LogP contribution in [0.15, 0.2) is 109 Å². The molecule has 0 aliphatic heterocycles. The first-order valence-corrected chi connectivity index (χ1v) is 10.5. The average molecular weight is 409 g/mol. The highest BCUT2D eigenvalue weighted by Crippen LogP contribution is 2.21. The first-order valence-electron chi connectivity index (χ1n) is 10.5. The number of benzene rings is 4. The van der Waals surface area contributed by atoms with Gasteiger partial charge < -0.3 is 4.74 Å². The van der Waals surface area contributed by atoms with E-state index in [-0.39, 0.29) is 5.97 Å². The van der Waals surface area contributed by atoms with Crippen LogP contribution < -0.4 is 9.64 Å². The van der Waals surface area contributed by atoms with Crippen LogP contribution in [0.5, 0.6) is 5.75 Å². The molecule has 154 valence electrons. The Morgan fingerprint density at radius 1 is 0.645 bits per heavy atom. The fraction of sp³-hybridized carbons (Fsp3) is 0.107. The minimum Gasteiger partial charge on any atom is -0.423 e. The summed E-state index contributed by atoms with van der Waals surface area (Å²) in [4.78, 5) is 13.5. The Kier molecular flexibility index (Phi) is 6.25. The fourth-order valence-electron chi connectivity index (χ4n) is 3.57. The Morgan fingerprint density at radius 3 is 1.68 bits per heavy atom. The summed E-state index contributed by atoms with van der Waals surface area (Å²) in [7, 11) is 0. The molecule has 4 aromatic rings. The molecule has 31 heavy (non-hydrogen) atoms. The van der Waals surface area contributed by atoms with Gasteiger partial charge in [-0.05, 0) is 47.9 Å². The van der Waals surface area contributed by atoms with Crippen LogP contribution in [0.3, 0.4) is 0 Å². The summed E-state index contributed by atoms with van der Waals surface area (Å²) in [5.41, 5.74) is 5.23. The maximum atomic E-state index is 12.3. The molecule has 1 atom stereocenters. The van der Waals surface area contributed by atoms with Gasteiger partial charge in [0.25, 0.3) is 0 Å². The molecule has 0 fully saturated rings. The fourth-order valence-corrected chi connectivity index (χ4v) is 3.57. The molecule has 0 aliphatic carbocycles. The van der Waals surface area contributed by atoms with Gasteiger partial charge in [0.2, 0.25) is 0 Å². The quantitative estimate of drug-likeness (QED) is 0.304. The first-order chi connectivity index (χ1) is 15.1. The van der Waals surface area contributed by atoms with Crippen molar-refractivity contribution in [3.05, 3.63) is 120 Å². The maximum Gasteiger partial charge on any atom is 0.343 e. The van der Waals surface area contributed by atoms with Crippen molar-refractivity contribution in [2.75, 3.05) is 0 Å². The summed E-state index contributed by atoms with van der Waals surface area (Å²) < 4.78 is 5.54. The Morgan fingerprint density at radius 2 is 1.13 bits per heavy atom. The lowest BCUT2D eigenvalue weighted by molar-refractivity contribution is -0.681. The lowest BCUT2D eigenvalue weighted by Crippen LogP contribution is -2.96. The van der Waals surface area contributed by atoms with Crippen LogP contribution in [0.25, 0.3) is 0 Å².